The number of halogens is 3. The fourth-order valence-electron chi connectivity index (χ4n) is 0.710. The standard InChI is InChI=1S/C7H5BrF2O/c8-5-1-2-6(10)4(3-9)7(5)11/h1-2,11H,3H2. The van der Waals surface area contributed by atoms with Crippen molar-refractivity contribution in [1.82, 2.24) is 0 Å². The Kier molecular flexibility index (Phi) is 2.44. The zero-order chi connectivity index (χ0) is 8.43. The van der Waals surface area contributed by atoms with Gasteiger partial charge in [-0.15, -0.1) is 0 Å². The lowest BCUT2D eigenvalue weighted by Crippen LogP contribution is -1.87. The Morgan fingerprint density at radius 3 is 2.55 bits per heavy atom. The van der Waals surface area contributed by atoms with Crippen molar-refractivity contribution in [1.29, 1.82) is 0 Å². The number of hydrogen-bond acceptors (Lipinski definition) is 1. The van der Waals surface area contributed by atoms with Gasteiger partial charge in [0, 0.05) is 0 Å². The average molecular weight is 223 g/mol. The van der Waals surface area contributed by atoms with Crippen molar-refractivity contribution in [2.75, 3.05) is 0 Å². The molecule has 0 atom stereocenters. The van der Waals surface area contributed by atoms with Gasteiger partial charge in [0.1, 0.15) is 18.2 Å². The summed E-state index contributed by atoms with van der Waals surface area (Å²) in [6.07, 6.45) is 0. The van der Waals surface area contributed by atoms with E-state index in [1.165, 1.54) is 6.07 Å². The normalized spacial score (nSPS) is 10.1. The van der Waals surface area contributed by atoms with Crippen LogP contribution in [0.2, 0.25) is 0 Å². The number of benzene rings is 1. The summed E-state index contributed by atoms with van der Waals surface area (Å²) in [4.78, 5) is 0. The van der Waals surface area contributed by atoms with E-state index in [9.17, 15) is 8.78 Å². The molecular formula is C7H5BrF2O. The Bertz CT molecular complexity index is 275. The summed E-state index contributed by atoms with van der Waals surface area (Å²) >= 11 is 2.94. The lowest BCUT2D eigenvalue weighted by atomic mass is 10.2. The van der Waals surface area contributed by atoms with E-state index < -0.39 is 12.5 Å². The first-order valence-corrected chi connectivity index (χ1v) is 3.68. The van der Waals surface area contributed by atoms with Crippen molar-refractivity contribution >= 4 is 15.9 Å². The summed E-state index contributed by atoms with van der Waals surface area (Å²) in [5, 5.41) is 9.05. The Hall–Kier alpha value is -0.640. The molecule has 0 aliphatic carbocycles. The molecule has 0 saturated carbocycles. The molecule has 0 aliphatic rings. The molecule has 60 valence electrons. The number of phenols is 1. The Labute approximate surface area is 70.8 Å². The largest absolute Gasteiger partial charge is 0.506 e. The lowest BCUT2D eigenvalue weighted by Gasteiger charge is -2.02. The van der Waals surface area contributed by atoms with Crippen LogP contribution in [0.4, 0.5) is 8.78 Å². The summed E-state index contributed by atoms with van der Waals surface area (Å²) in [5.41, 5.74) is -0.306. The van der Waals surface area contributed by atoms with Gasteiger partial charge < -0.3 is 5.11 Å². The van der Waals surface area contributed by atoms with E-state index in [2.05, 4.69) is 15.9 Å². The minimum atomic E-state index is -1.00. The first-order chi connectivity index (χ1) is 5.16. The molecule has 0 fully saturated rings. The van der Waals surface area contributed by atoms with Crippen LogP contribution < -0.4 is 0 Å². The van der Waals surface area contributed by atoms with Crippen LogP contribution in [0.3, 0.4) is 0 Å². The Morgan fingerprint density at radius 1 is 1.45 bits per heavy atom. The second-order valence-electron chi connectivity index (χ2n) is 1.99. The van der Waals surface area contributed by atoms with Crippen molar-refractivity contribution < 1.29 is 13.9 Å². The predicted octanol–water partition coefficient (Wildman–Crippen LogP) is 2.76. The highest BCUT2D eigenvalue weighted by Crippen LogP contribution is 2.29. The fraction of sp³-hybridized carbons (Fsp3) is 0.143. The number of hydrogen-bond donors (Lipinski definition) is 1. The minimum Gasteiger partial charge on any atom is -0.506 e. The first-order valence-electron chi connectivity index (χ1n) is 2.88. The maximum Gasteiger partial charge on any atom is 0.138 e. The average Bonchev–Trinajstić information content (AvgIpc) is 1.99. The highest BCUT2D eigenvalue weighted by molar-refractivity contribution is 9.10. The molecule has 1 aromatic rings. The van der Waals surface area contributed by atoms with Gasteiger partial charge in [-0.3, -0.25) is 0 Å². The van der Waals surface area contributed by atoms with Gasteiger partial charge in [-0.05, 0) is 28.1 Å². The van der Waals surface area contributed by atoms with E-state index in [-0.39, 0.29) is 11.3 Å². The third-order valence-corrected chi connectivity index (χ3v) is 1.95. The quantitative estimate of drug-likeness (QED) is 0.775. The predicted molar refractivity (Wildman–Crippen MR) is 40.6 cm³/mol. The van der Waals surface area contributed by atoms with Crippen molar-refractivity contribution in [2.45, 2.75) is 6.67 Å². The molecule has 1 aromatic carbocycles. The highest BCUT2D eigenvalue weighted by atomic mass is 79.9. The van der Waals surface area contributed by atoms with E-state index in [0.717, 1.165) is 6.07 Å². The van der Waals surface area contributed by atoms with Crippen LogP contribution in [0.5, 0.6) is 5.75 Å². The topological polar surface area (TPSA) is 20.2 Å². The molecule has 0 radical (unpaired) electrons. The summed E-state index contributed by atoms with van der Waals surface area (Å²) in [6.45, 7) is -1.00. The minimum absolute atomic E-state index is 0.298. The maximum absolute atomic E-state index is 12.6. The van der Waals surface area contributed by atoms with Gasteiger partial charge in [0.15, 0.2) is 0 Å². The summed E-state index contributed by atoms with van der Waals surface area (Å²) in [6, 6.07) is 2.42. The third-order valence-electron chi connectivity index (χ3n) is 1.31. The van der Waals surface area contributed by atoms with Gasteiger partial charge in [0.25, 0.3) is 0 Å². The molecule has 1 N–H and O–H groups in total. The van der Waals surface area contributed by atoms with E-state index >= 15 is 0 Å². The summed E-state index contributed by atoms with van der Waals surface area (Å²) < 4.78 is 24.9. The van der Waals surface area contributed by atoms with Gasteiger partial charge in [0.05, 0.1) is 10.0 Å². The van der Waals surface area contributed by atoms with E-state index in [4.69, 9.17) is 5.11 Å². The van der Waals surface area contributed by atoms with Gasteiger partial charge in [-0.25, -0.2) is 8.78 Å². The van der Waals surface area contributed by atoms with Crippen LogP contribution in [-0.4, -0.2) is 5.11 Å². The fourth-order valence-corrected chi connectivity index (χ4v) is 1.08. The van der Waals surface area contributed by atoms with Crippen LogP contribution >= 0.6 is 15.9 Å². The second kappa shape index (κ2) is 3.17. The second-order valence-corrected chi connectivity index (χ2v) is 2.84. The number of aromatic hydroxyl groups is 1. The smallest absolute Gasteiger partial charge is 0.138 e. The van der Waals surface area contributed by atoms with Crippen LogP contribution in [0.15, 0.2) is 16.6 Å². The SMILES string of the molecule is Oc1c(Br)ccc(F)c1CF. The monoisotopic (exact) mass is 222 g/mol. The third kappa shape index (κ3) is 1.50. The van der Waals surface area contributed by atoms with Crippen LogP contribution in [-0.2, 0) is 6.67 Å². The molecule has 0 spiro atoms. The molecular weight excluding hydrogens is 218 g/mol. The molecule has 11 heavy (non-hydrogen) atoms. The molecule has 0 aliphatic heterocycles. The van der Waals surface area contributed by atoms with E-state index in [1.807, 2.05) is 0 Å². The Balaban J connectivity index is 3.29. The lowest BCUT2D eigenvalue weighted by molar-refractivity contribution is 0.414. The van der Waals surface area contributed by atoms with Crippen LogP contribution in [0.25, 0.3) is 0 Å². The van der Waals surface area contributed by atoms with Gasteiger partial charge >= 0.3 is 0 Å². The molecule has 0 saturated heterocycles. The van der Waals surface area contributed by atoms with Crippen molar-refractivity contribution in [3.8, 4) is 5.75 Å². The zero-order valence-electron chi connectivity index (χ0n) is 5.44. The molecule has 1 rings (SSSR count). The molecule has 0 amide bonds. The molecule has 0 unspecified atom stereocenters. The maximum atomic E-state index is 12.6. The van der Waals surface area contributed by atoms with E-state index in [1.54, 1.807) is 0 Å². The van der Waals surface area contributed by atoms with Gasteiger partial charge in [0.2, 0.25) is 0 Å². The van der Waals surface area contributed by atoms with Gasteiger partial charge in [-0.2, -0.15) is 0 Å². The van der Waals surface area contributed by atoms with Crippen molar-refractivity contribution in [3.63, 3.8) is 0 Å². The van der Waals surface area contributed by atoms with Crippen molar-refractivity contribution in [3.05, 3.63) is 28.0 Å². The Morgan fingerprint density at radius 2 is 2.09 bits per heavy atom. The number of alkyl halides is 1. The van der Waals surface area contributed by atoms with Gasteiger partial charge in [-0.1, -0.05) is 0 Å². The van der Waals surface area contributed by atoms with Crippen LogP contribution in [0.1, 0.15) is 5.56 Å². The number of phenolic OH excluding ortho intramolecular Hbond substituents is 1. The molecule has 0 heterocycles. The van der Waals surface area contributed by atoms with Crippen molar-refractivity contribution in [2.24, 2.45) is 0 Å². The molecule has 0 bridgehead atoms. The molecule has 1 nitrogen and oxygen atoms in total. The summed E-state index contributed by atoms with van der Waals surface area (Å²) in [5.74, 6) is -1.10. The number of rotatable bonds is 1. The van der Waals surface area contributed by atoms with E-state index in [0.29, 0.717) is 4.47 Å². The molecule has 0 aromatic heterocycles. The molecule has 4 heteroatoms. The zero-order valence-corrected chi connectivity index (χ0v) is 7.03. The summed E-state index contributed by atoms with van der Waals surface area (Å²) in [7, 11) is 0. The first kappa shape index (κ1) is 8.46. The van der Waals surface area contributed by atoms with Crippen LogP contribution in [0, 0.1) is 5.82 Å². The highest BCUT2D eigenvalue weighted by Gasteiger charge is 2.09.